The molecule has 1 aliphatic rings. The number of Topliss-reactive ketones (excluding diaryl/α,β-unsaturated/α-hetero) is 1. The van der Waals surface area contributed by atoms with E-state index < -0.39 is 15.9 Å². The predicted octanol–water partition coefficient (Wildman–Crippen LogP) is 2.91. The Balaban J connectivity index is 1.93. The molecule has 1 fully saturated rings. The number of benzene rings is 1. The van der Waals surface area contributed by atoms with Crippen molar-refractivity contribution in [3.05, 3.63) is 40.4 Å². The zero-order chi connectivity index (χ0) is 21.9. The minimum atomic E-state index is -3.70. The van der Waals surface area contributed by atoms with Crippen LogP contribution in [0.2, 0.25) is 0 Å². The van der Waals surface area contributed by atoms with Gasteiger partial charge in [-0.05, 0) is 49.9 Å². The number of aryl methyl sites for hydroxylation is 1. The van der Waals surface area contributed by atoms with Gasteiger partial charge < -0.3 is 4.90 Å². The van der Waals surface area contributed by atoms with E-state index in [1.165, 1.54) is 11.3 Å². The van der Waals surface area contributed by atoms with Crippen LogP contribution in [0.3, 0.4) is 0 Å². The number of anilines is 2. The van der Waals surface area contributed by atoms with E-state index in [4.69, 9.17) is 5.26 Å². The molecule has 1 N–H and O–H groups in total. The molecule has 158 valence electrons. The van der Waals surface area contributed by atoms with Crippen molar-refractivity contribution >= 4 is 43.9 Å². The average molecular weight is 447 g/mol. The number of thiazole rings is 1. The van der Waals surface area contributed by atoms with Crippen LogP contribution in [0, 0.1) is 24.2 Å². The summed E-state index contributed by atoms with van der Waals surface area (Å²) in [6, 6.07) is 9.15. The Morgan fingerprint density at radius 3 is 2.50 bits per heavy atom. The average Bonchev–Trinajstić information content (AvgIpc) is 3.08. The predicted molar refractivity (Wildman–Crippen MR) is 114 cm³/mol. The first-order valence-electron chi connectivity index (χ1n) is 9.45. The van der Waals surface area contributed by atoms with Gasteiger partial charge in [-0.1, -0.05) is 0 Å². The van der Waals surface area contributed by atoms with Crippen molar-refractivity contribution in [1.29, 1.82) is 5.26 Å². The lowest BCUT2D eigenvalue weighted by molar-refractivity contribution is -0.120. The lowest BCUT2D eigenvalue weighted by Gasteiger charge is -2.29. The summed E-state index contributed by atoms with van der Waals surface area (Å²) in [7, 11) is -3.70. The molecule has 8 nitrogen and oxygen atoms in total. The van der Waals surface area contributed by atoms with Crippen LogP contribution >= 0.6 is 11.3 Å². The Kier molecular flexibility index (Phi) is 6.53. The smallest absolute Gasteiger partial charge is 0.284 e. The molecule has 0 unspecified atom stereocenters. The van der Waals surface area contributed by atoms with Crippen LogP contribution in [0.25, 0.3) is 0 Å². The van der Waals surface area contributed by atoms with Crippen molar-refractivity contribution in [2.75, 3.05) is 17.7 Å². The van der Waals surface area contributed by atoms with Gasteiger partial charge >= 0.3 is 0 Å². The number of nitrogens with one attached hydrogen (secondary N) is 1. The zero-order valence-corrected chi connectivity index (χ0v) is 18.3. The van der Waals surface area contributed by atoms with Crippen LogP contribution < -0.4 is 9.62 Å². The van der Waals surface area contributed by atoms with Crippen molar-refractivity contribution in [2.45, 2.75) is 32.6 Å². The standard InChI is InChI=1S/C20H22N4O4S2/c1-13-18(19(26)23-30(2,27)28)22-20(29-13)24(12-15-5-9-17(25)10-6-15)16-7-3-14(11-21)4-8-16/h3-4,7-8,15H,5-6,9-10,12H2,1-2H3,(H,23,26). The van der Waals surface area contributed by atoms with Crippen molar-refractivity contribution in [2.24, 2.45) is 5.92 Å². The maximum Gasteiger partial charge on any atom is 0.284 e. The van der Waals surface area contributed by atoms with E-state index in [1.807, 2.05) is 21.8 Å². The van der Waals surface area contributed by atoms with Gasteiger partial charge in [-0.2, -0.15) is 5.26 Å². The largest absolute Gasteiger partial charge is 0.318 e. The van der Waals surface area contributed by atoms with Gasteiger partial charge in [-0.15, -0.1) is 11.3 Å². The lowest BCUT2D eigenvalue weighted by atomic mass is 9.88. The lowest BCUT2D eigenvalue weighted by Crippen LogP contribution is -2.30. The molecule has 1 aromatic carbocycles. The highest BCUT2D eigenvalue weighted by Gasteiger charge is 2.26. The molecule has 0 aliphatic heterocycles. The summed E-state index contributed by atoms with van der Waals surface area (Å²) in [5.41, 5.74) is 1.41. The molecule has 1 aliphatic carbocycles. The number of hydrogen-bond acceptors (Lipinski definition) is 8. The highest BCUT2D eigenvalue weighted by atomic mass is 32.2. The minimum absolute atomic E-state index is 0.0675. The molecular weight excluding hydrogens is 424 g/mol. The SMILES string of the molecule is Cc1sc(N(CC2CCC(=O)CC2)c2ccc(C#N)cc2)nc1C(=O)NS(C)(=O)=O. The normalized spacial score (nSPS) is 14.9. The van der Waals surface area contributed by atoms with Gasteiger partial charge in [-0.25, -0.2) is 18.1 Å². The number of ketones is 1. The zero-order valence-electron chi connectivity index (χ0n) is 16.7. The molecule has 3 rings (SSSR count). The number of hydrogen-bond donors (Lipinski definition) is 1. The van der Waals surface area contributed by atoms with Crippen molar-refractivity contribution in [3.63, 3.8) is 0 Å². The molecule has 2 aromatic rings. The Bertz CT molecular complexity index is 1090. The van der Waals surface area contributed by atoms with Gasteiger partial charge in [0, 0.05) is 30.0 Å². The van der Waals surface area contributed by atoms with E-state index in [9.17, 15) is 18.0 Å². The maximum absolute atomic E-state index is 12.3. The van der Waals surface area contributed by atoms with Crippen molar-refractivity contribution in [1.82, 2.24) is 9.71 Å². The molecule has 0 atom stereocenters. The van der Waals surface area contributed by atoms with Gasteiger partial charge in [0.05, 0.1) is 17.9 Å². The summed E-state index contributed by atoms with van der Waals surface area (Å²) >= 11 is 1.30. The van der Waals surface area contributed by atoms with Crippen LogP contribution in [-0.4, -0.2) is 37.9 Å². The quantitative estimate of drug-likeness (QED) is 0.724. The van der Waals surface area contributed by atoms with Gasteiger partial charge in [0.2, 0.25) is 10.0 Å². The van der Waals surface area contributed by atoms with Gasteiger partial charge in [-0.3, -0.25) is 9.59 Å². The summed E-state index contributed by atoms with van der Waals surface area (Å²) in [5, 5.41) is 9.63. The Labute approximate surface area is 179 Å². The Morgan fingerprint density at radius 1 is 1.30 bits per heavy atom. The molecule has 1 saturated carbocycles. The van der Waals surface area contributed by atoms with Gasteiger partial charge in [0.15, 0.2) is 5.13 Å². The van der Waals surface area contributed by atoms with E-state index >= 15 is 0 Å². The number of sulfonamides is 1. The van der Waals surface area contributed by atoms with Crippen LogP contribution in [0.15, 0.2) is 24.3 Å². The first kappa shape index (κ1) is 21.9. The van der Waals surface area contributed by atoms with Gasteiger partial charge in [0.25, 0.3) is 5.91 Å². The second-order valence-corrected chi connectivity index (χ2v) is 10.3. The fraction of sp³-hybridized carbons (Fsp3) is 0.400. The van der Waals surface area contributed by atoms with Gasteiger partial charge in [0.1, 0.15) is 11.5 Å². The fourth-order valence-corrected chi connectivity index (χ4v) is 4.74. The first-order valence-corrected chi connectivity index (χ1v) is 12.2. The number of nitrogens with zero attached hydrogens (tertiary/aromatic N) is 3. The minimum Gasteiger partial charge on any atom is -0.318 e. The van der Waals surface area contributed by atoms with E-state index in [-0.39, 0.29) is 17.4 Å². The summed E-state index contributed by atoms with van der Waals surface area (Å²) in [4.78, 5) is 30.9. The number of amides is 1. The number of aromatic nitrogens is 1. The third-order valence-corrected chi connectivity index (χ3v) is 6.47. The molecule has 0 saturated heterocycles. The summed E-state index contributed by atoms with van der Waals surface area (Å²) in [6.45, 7) is 2.33. The van der Waals surface area contributed by atoms with Crippen molar-refractivity contribution in [3.8, 4) is 6.07 Å². The van der Waals surface area contributed by atoms with Crippen LogP contribution in [-0.2, 0) is 14.8 Å². The molecule has 0 spiro atoms. The first-order chi connectivity index (χ1) is 14.2. The highest BCUT2D eigenvalue weighted by Crippen LogP contribution is 2.34. The number of carbonyl (C=O) groups is 2. The van der Waals surface area contributed by atoms with Crippen LogP contribution in [0.1, 0.15) is 46.6 Å². The summed E-state index contributed by atoms with van der Waals surface area (Å²) in [5.74, 6) is -0.197. The Hall–Kier alpha value is -2.77. The van der Waals surface area contributed by atoms with Crippen LogP contribution in [0.5, 0.6) is 0 Å². The second kappa shape index (κ2) is 8.93. The molecule has 1 heterocycles. The topological polar surface area (TPSA) is 120 Å². The van der Waals surface area contributed by atoms with Crippen molar-refractivity contribution < 1.29 is 18.0 Å². The molecule has 0 bridgehead atoms. The van der Waals surface area contributed by atoms with E-state index in [0.717, 1.165) is 24.8 Å². The van der Waals surface area contributed by atoms with E-state index in [1.54, 1.807) is 19.1 Å². The summed E-state index contributed by atoms with van der Waals surface area (Å²) < 4.78 is 24.8. The number of carbonyl (C=O) groups excluding carboxylic acids is 2. The fourth-order valence-electron chi connectivity index (χ4n) is 3.38. The molecule has 30 heavy (non-hydrogen) atoms. The monoisotopic (exact) mass is 446 g/mol. The Morgan fingerprint density at radius 2 is 1.93 bits per heavy atom. The maximum atomic E-state index is 12.3. The van der Waals surface area contributed by atoms with E-state index in [2.05, 4.69) is 11.1 Å². The summed E-state index contributed by atoms with van der Waals surface area (Å²) in [6.07, 6.45) is 3.62. The highest BCUT2D eigenvalue weighted by molar-refractivity contribution is 7.89. The third kappa shape index (κ3) is 5.43. The molecule has 0 radical (unpaired) electrons. The molecular formula is C20H22N4O4S2. The van der Waals surface area contributed by atoms with Crippen LogP contribution in [0.4, 0.5) is 10.8 Å². The molecule has 1 amide bonds. The molecule has 1 aromatic heterocycles. The van der Waals surface area contributed by atoms with E-state index in [0.29, 0.717) is 35.0 Å². The third-order valence-electron chi connectivity index (χ3n) is 4.92. The number of nitriles is 1. The second-order valence-electron chi connectivity index (χ2n) is 7.36. The molecule has 10 heteroatoms. The number of rotatable bonds is 6.